The first-order valence-corrected chi connectivity index (χ1v) is 5.65. The van der Waals surface area contributed by atoms with Crippen LogP contribution < -0.4 is 4.74 Å². The number of rotatable bonds is 5. The number of nitriles is 1. The summed E-state index contributed by atoms with van der Waals surface area (Å²) in [5.41, 5.74) is -0.0634. The first kappa shape index (κ1) is 14.0. The molecule has 0 saturated carbocycles. The molecule has 0 radical (unpaired) electrons. The SMILES string of the molecule is CCOC(=O)C(CC)Oc1ccc(C#N)c(F)c1. The smallest absolute Gasteiger partial charge is 0.347 e. The predicted molar refractivity (Wildman–Crippen MR) is 62.5 cm³/mol. The van der Waals surface area contributed by atoms with Crippen LogP contribution in [0.1, 0.15) is 25.8 Å². The topological polar surface area (TPSA) is 59.3 Å². The highest BCUT2D eigenvalue weighted by Crippen LogP contribution is 2.18. The summed E-state index contributed by atoms with van der Waals surface area (Å²) < 4.78 is 23.5. The van der Waals surface area contributed by atoms with Gasteiger partial charge in [-0.2, -0.15) is 5.26 Å². The zero-order valence-corrected chi connectivity index (χ0v) is 10.3. The summed E-state index contributed by atoms with van der Waals surface area (Å²) in [4.78, 5) is 11.5. The van der Waals surface area contributed by atoms with Crippen molar-refractivity contribution in [1.29, 1.82) is 5.26 Å². The van der Waals surface area contributed by atoms with E-state index in [1.165, 1.54) is 12.1 Å². The first-order valence-electron chi connectivity index (χ1n) is 5.65. The molecule has 1 atom stereocenters. The Bertz CT molecular complexity index is 468. The lowest BCUT2D eigenvalue weighted by atomic mass is 10.2. The number of hydrogen-bond acceptors (Lipinski definition) is 4. The van der Waals surface area contributed by atoms with Gasteiger partial charge in [-0.05, 0) is 25.5 Å². The molecule has 5 heteroatoms. The minimum Gasteiger partial charge on any atom is -0.479 e. The summed E-state index contributed by atoms with van der Waals surface area (Å²) in [7, 11) is 0. The second kappa shape index (κ2) is 6.60. The molecule has 0 N–H and O–H groups in total. The number of esters is 1. The third-order valence-corrected chi connectivity index (χ3v) is 2.26. The van der Waals surface area contributed by atoms with Gasteiger partial charge in [0, 0.05) is 6.07 Å². The molecule has 1 aromatic carbocycles. The molecule has 1 unspecified atom stereocenters. The Labute approximate surface area is 105 Å². The van der Waals surface area contributed by atoms with E-state index in [1.807, 2.05) is 0 Å². The lowest BCUT2D eigenvalue weighted by molar-refractivity contribution is -0.151. The maximum atomic E-state index is 13.3. The van der Waals surface area contributed by atoms with Crippen molar-refractivity contribution in [1.82, 2.24) is 0 Å². The van der Waals surface area contributed by atoms with E-state index in [9.17, 15) is 9.18 Å². The number of nitrogens with zero attached hydrogens (tertiary/aromatic N) is 1. The molecule has 1 aromatic rings. The Balaban J connectivity index is 2.80. The molecule has 0 aliphatic heterocycles. The van der Waals surface area contributed by atoms with Gasteiger partial charge in [-0.3, -0.25) is 0 Å². The van der Waals surface area contributed by atoms with Crippen LogP contribution in [-0.2, 0) is 9.53 Å². The van der Waals surface area contributed by atoms with Crippen LogP contribution >= 0.6 is 0 Å². The molecule has 96 valence electrons. The van der Waals surface area contributed by atoms with Gasteiger partial charge in [0.15, 0.2) is 6.10 Å². The minimum absolute atomic E-state index is 0.0634. The zero-order chi connectivity index (χ0) is 13.5. The fraction of sp³-hybridized carbons (Fsp3) is 0.385. The fourth-order valence-electron chi connectivity index (χ4n) is 1.36. The van der Waals surface area contributed by atoms with Crippen molar-refractivity contribution < 1.29 is 18.7 Å². The van der Waals surface area contributed by atoms with E-state index in [1.54, 1.807) is 19.9 Å². The van der Waals surface area contributed by atoms with Gasteiger partial charge in [0.05, 0.1) is 12.2 Å². The van der Waals surface area contributed by atoms with E-state index >= 15 is 0 Å². The maximum Gasteiger partial charge on any atom is 0.347 e. The minimum atomic E-state index is -0.766. The lowest BCUT2D eigenvalue weighted by Crippen LogP contribution is -2.28. The van der Waals surface area contributed by atoms with Gasteiger partial charge in [-0.25, -0.2) is 9.18 Å². The number of halogens is 1. The highest BCUT2D eigenvalue weighted by Gasteiger charge is 2.19. The summed E-state index contributed by atoms with van der Waals surface area (Å²) in [6.07, 6.45) is -0.349. The Hall–Kier alpha value is -2.09. The Kier molecular flexibility index (Phi) is 5.12. The van der Waals surface area contributed by atoms with Crippen LogP contribution in [0.25, 0.3) is 0 Å². The Morgan fingerprint density at radius 2 is 2.22 bits per heavy atom. The van der Waals surface area contributed by atoms with E-state index in [-0.39, 0.29) is 17.9 Å². The van der Waals surface area contributed by atoms with Crippen molar-refractivity contribution in [2.45, 2.75) is 26.4 Å². The van der Waals surface area contributed by atoms with Crippen LogP contribution in [0.3, 0.4) is 0 Å². The molecule has 0 aliphatic rings. The second-order valence-electron chi connectivity index (χ2n) is 3.52. The van der Waals surface area contributed by atoms with E-state index in [0.29, 0.717) is 6.42 Å². The normalized spacial score (nSPS) is 11.4. The number of hydrogen-bond donors (Lipinski definition) is 0. The van der Waals surface area contributed by atoms with Crippen molar-refractivity contribution in [3.05, 3.63) is 29.6 Å². The van der Waals surface area contributed by atoms with Crippen LogP contribution in [0.4, 0.5) is 4.39 Å². The quantitative estimate of drug-likeness (QED) is 0.754. The summed E-state index contributed by atoms with van der Waals surface area (Å²) in [5, 5.41) is 8.59. The average Bonchev–Trinajstić information content (AvgIpc) is 2.36. The first-order chi connectivity index (χ1) is 8.62. The highest BCUT2D eigenvalue weighted by molar-refractivity contribution is 5.75. The van der Waals surface area contributed by atoms with Crippen molar-refractivity contribution in [3.63, 3.8) is 0 Å². The highest BCUT2D eigenvalue weighted by atomic mass is 19.1. The summed E-state index contributed by atoms with van der Waals surface area (Å²) in [6.45, 7) is 3.73. The largest absolute Gasteiger partial charge is 0.479 e. The monoisotopic (exact) mass is 251 g/mol. The van der Waals surface area contributed by atoms with E-state index < -0.39 is 17.9 Å². The molecule has 0 saturated heterocycles. The Morgan fingerprint density at radius 1 is 1.50 bits per heavy atom. The molecule has 1 rings (SSSR count). The molecule has 18 heavy (non-hydrogen) atoms. The van der Waals surface area contributed by atoms with Gasteiger partial charge in [0.2, 0.25) is 0 Å². The lowest BCUT2D eigenvalue weighted by Gasteiger charge is -2.16. The van der Waals surface area contributed by atoms with Crippen LogP contribution in [0.5, 0.6) is 5.75 Å². The molecule has 0 spiro atoms. The molecule has 0 fully saturated rings. The van der Waals surface area contributed by atoms with Crippen molar-refractivity contribution in [2.24, 2.45) is 0 Å². The molecular formula is C13H14FNO3. The van der Waals surface area contributed by atoms with E-state index in [0.717, 1.165) is 6.07 Å². The van der Waals surface area contributed by atoms with Gasteiger partial charge >= 0.3 is 5.97 Å². The van der Waals surface area contributed by atoms with Crippen molar-refractivity contribution in [2.75, 3.05) is 6.61 Å². The molecule has 0 aliphatic carbocycles. The van der Waals surface area contributed by atoms with Gasteiger partial charge in [-0.15, -0.1) is 0 Å². The van der Waals surface area contributed by atoms with Crippen molar-refractivity contribution >= 4 is 5.97 Å². The van der Waals surface area contributed by atoms with Gasteiger partial charge < -0.3 is 9.47 Å². The molecular weight excluding hydrogens is 237 g/mol. The van der Waals surface area contributed by atoms with E-state index in [4.69, 9.17) is 14.7 Å². The second-order valence-corrected chi connectivity index (χ2v) is 3.52. The molecule has 0 aromatic heterocycles. The van der Waals surface area contributed by atoms with Crippen LogP contribution in [0, 0.1) is 17.1 Å². The molecule has 4 nitrogen and oxygen atoms in total. The third kappa shape index (κ3) is 3.45. The molecule has 0 amide bonds. The number of carbonyl (C=O) groups is 1. The Morgan fingerprint density at radius 3 is 2.72 bits per heavy atom. The van der Waals surface area contributed by atoms with E-state index in [2.05, 4.69) is 0 Å². The van der Waals surface area contributed by atoms with Crippen molar-refractivity contribution in [3.8, 4) is 11.8 Å². The average molecular weight is 251 g/mol. The standard InChI is InChI=1S/C13H14FNO3/c1-3-12(13(16)17-4-2)18-10-6-5-9(8-15)11(14)7-10/h5-7,12H,3-4H2,1-2H3. The molecule has 0 bridgehead atoms. The third-order valence-electron chi connectivity index (χ3n) is 2.26. The van der Waals surface area contributed by atoms with Gasteiger partial charge in [0.1, 0.15) is 17.6 Å². The number of benzene rings is 1. The summed E-state index contributed by atoms with van der Waals surface area (Å²) >= 11 is 0. The van der Waals surface area contributed by atoms with Gasteiger partial charge in [-0.1, -0.05) is 6.92 Å². The number of ether oxygens (including phenoxy) is 2. The summed E-state index contributed by atoms with van der Waals surface area (Å²) in [5.74, 6) is -0.954. The van der Waals surface area contributed by atoms with Crippen LogP contribution in [0.15, 0.2) is 18.2 Å². The predicted octanol–water partition coefficient (Wildman–Crippen LogP) is 2.42. The van der Waals surface area contributed by atoms with Crippen LogP contribution in [-0.4, -0.2) is 18.7 Å². The van der Waals surface area contributed by atoms with Crippen LogP contribution in [0.2, 0.25) is 0 Å². The number of carbonyl (C=O) groups excluding carboxylic acids is 1. The maximum absolute atomic E-state index is 13.3. The summed E-state index contributed by atoms with van der Waals surface area (Å²) in [6, 6.07) is 5.55. The molecule has 0 heterocycles. The fourth-order valence-corrected chi connectivity index (χ4v) is 1.36. The zero-order valence-electron chi connectivity index (χ0n) is 10.3. The van der Waals surface area contributed by atoms with Gasteiger partial charge in [0.25, 0.3) is 0 Å².